The number of sulfonamides is 1. The van der Waals surface area contributed by atoms with Gasteiger partial charge in [0.25, 0.3) is 0 Å². The molecule has 0 bridgehead atoms. The topological polar surface area (TPSA) is 72.5 Å². The van der Waals surface area contributed by atoms with E-state index in [0.29, 0.717) is 5.69 Å². The van der Waals surface area contributed by atoms with Gasteiger partial charge in [0.15, 0.2) is 0 Å². The molecule has 0 aliphatic rings. The number of carbonyl (C=O) groups excluding carboxylic acids is 1. The Morgan fingerprint density at radius 3 is 2.59 bits per heavy atom. The lowest BCUT2D eigenvalue weighted by atomic mass is 10.3. The minimum absolute atomic E-state index is 0.256. The predicted octanol–water partition coefficient (Wildman–Crippen LogP) is 1.54. The first kappa shape index (κ1) is 13.2. The maximum absolute atomic E-state index is 11.2. The Balaban J connectivity index is 2.87. The second-order valence-corrected chi connectivity index (χ2v) is 5.32. The van der Waals surface area contributed by atoms with E-state index in [1.807, 2.05) is 0 Å². The minimum atomic E-state index is -3.35. The molecule has 0 spiro atoms. The summed E-state index contributed by atoms with van der Waals surface area (Å²) in [6, 6.07) is 6.10. The summed E-state index contributed by atoms with van der Waals surface area (Å²) in [7, 11) is -3.35. The molecule has 0 atom stereocenters. The summed E-state index contributed by atoms with van der Waals surface area (Å²) < 4.78 is 29.3. The molecule has 17 heavy (non-hydrogen) atoms. The Labute approximate surface area is 100 Å². The average molecular weight is 255 g/mol. The number of hydrogen-bond acceptors (Lipinski definition) is 4. The van der Waals surface area contributed by atoms with Crippen LogP contribution in [-0.2, 0) is 14.8 Å². The van der Waals surface area contributed by atoms with E-state index in [-0.39, 0.29) is 11.3 Å². The van der Waals surface area contributed by atoms with Crippen molar-refractivity contribution in [1.29, 1.82) is 0 Å². The van der Waals surface area contributed by atoms with E-state index in [2.05, 4.69) is 11.3 Å². The number of nitrogens with one attached hydrogen (secondary N) is 1. The van der Waals surface area contributed by atoms with Crippen molar-refractivity contribution in [3.8, 4) is 5.75 Å². The highest BCUT2D eigenvalue weighted by Crippen LogP contribution is 2.18. The summed E-state index contributed by atoms with van der Waals surface area (Å²) in [6.07, 6.45) is 1.04. The number of esters is 1. The van der Waals surface area contributed by atoms with Crippen LogP contribution in [0.4, 0.5) is 5.69 Å². The third kappa shape index (κ3) is 4.69. The minimum Gasteiger partial charge on any atom is -0.423 e. The maximum Gasteiger partial charge on any atom is 0.338 e. The van der Waals surface area contributed by atoms with E-state index < -0.39 is 16.0 Å². The third-order valence-corrected chi connectivity index (χ3v) is 2.30. The molecule has 0 aliphatic carbocycles. The van der Waals surface area contributed by atoms with Gasteiger partial charge in [0.1, 0.15) is 5.75 Å². The van der Waals surface area contributed by atoms with Gasteiger partial charge in [-0.25, -0.2) is 13.2 Å². The fourth-order valence-corrected chi connectivity index (χ4v) is 1.59. The number of benzene rings is 1. The zero-order chi connectivity index (χ0) is 13.1. The molecule has 6 heteroatoms. The summed E-state index contributed by atoms with van der Waals surface area (Å²) in [5.41, 5.74) is 0.603. The van der Waals surface area contributed by atoms with Crippen LogP contribution >= 0.6 is 0 Å². The summed E-state index contributed by atoms with van der Waals surface area (Å²) in [6.45, 7) is 4.98. The summed E-state index contributed by atoms with van der Waals surface area (Å²) >= 11 is 0. The molecule has 92 valence electrons. The van der Waals surface area contributed by atoms with Crippen LogP contribution in [0.15, 0.2) is 36.4 Å². The van der Waals surface area contributed by atoms with Gasteiger partial charge in [0.05, 0.1) is 11.9 Å². The zero-order valence-electron chi connectivity index (χ0n) is 9.56. The average Bonchev–Trinajstić information content (AvgIpc) is 2.15. The predicted molar refractivity (Wildman–Crippen MR) is 65.4 cm³/mol. The van der Waals surface area contributed by atoms with Crippen LogP contribution in [0.2, 0.25) is 0 Å². The molecule has 0 fully saturated rings. The van der Waals surface area contributed by atoms with Crippen molar-refractivity contribution in [2.24, 2.45) is 0 Å². The number of hydrogen-bond donors (Lipinski definition) is 1. The van der Waals surface area contributed by atoms with E-state index in [9.17, 15) is 13.2 Å². The smallest absolute Gasteiger partial charge is 0.338 e. The van der Waals surface area contributed by atoms with Gasteiger partial charge in [-0.1, -0.05) is 12.6 Å². The van der Waals surface area contributed by atoms with Crippen LogP contribution in [0, 0.1) is 0 Å². The van der Waals surface area contributed by atoms with Gasteiger partial charge < -0.3 is 4.74 Å². The molecule has 1 aromatic carbocycles. The Bertz CT molecular complexity index is 548. The molecule has 5 nitrogen and oxygen atoms in total. The van der Waals surface area contributed by atoms with Crippen molar-refractivity contribution in [2.75, 3.05) is 11.0 Å². The first-order valence-electron chi connectivity index (χ1n) is 4.73. The van der Waals surface area contributed by atoms with Crippen molar-refractivity contribution >= 4 is 21.7 Å². The maximum atomic E-state index is 11.2. The second-order valence-electron chi connectivity index (χ2n) is 3.57. The molecule has 0 aromatic heterocycles. The third-order valence-electron chi connectivity index (χ3n) is 1.70. The van der Waals surface area contributed by atoms with E-state index in [1.165, 1.54) is 13.0 Å². The number of ether oxygens (including phenoxy) is 1. The van der Waals surface area contributed by atoms with Crippen molar-refractivity contribution < 1.29 is 17.9 Å². The van der Waals surface area contributed by atoms with Gasteiger partial charge in [-0.2, -0.15) is 0 Å². The van der Waals surface area contributed by atoms with E-state index >= 15 is 0 Å². The molecule has 1 N–H and O–H groups in total. The first-order chi connectivity index (χ1) is 7.78. The fourth-order valence-electron chi connectivity index (χ4n) is 1.03. The molecule has 1 aromatic rings. The summed E-state index contributed by atoms with van der Waals surface area (Å²) in [5.74, 6) is -0.298. The number of anilines is 1. The largest absolute Gasteiger partial charge is 0.423 e. The van der Waals surface area contributed by atoms with E-state index in [0.717, 1.165) is 6.26 Å². The van der Waals surface area contributed by atoms with E-state index in [4.69, 9.17) is 4.74 Å². The number of rotatable bonds is 4. The van der Waals surface area contributed by atoms with Crippen LogP contribution in [0.3, 0.4) is 0 Å². The van der Waals surface area contributed by atoms with Crippen LogP contribution < -0.4 is 9.46 Å². The lowest BCUT2D eigenvalue weighted by Gasteiger charge is -2.07. The number of carbonyl (C=O) groups is 1. The van der Waals surface area contributed by atoms with Crippen molar-refractivity contribution in [2.45, 2.75) is 6.92 Å². The van der Waals surface area contributed by atoms with Gasteiger partial charge in [-0.3, -0.25) is 4.72 Å². The summed E-state index contributed by atoms with van der Waals surface area (Å²) in [4.78, 5) is 11.2. The molecule has 0 aliphatic heterocycles. The Kier molecular flexibility index (Phi) is 3.90. The second kappa shape index (κ2) is 5.01. The lowest BCUT2D eigenvalue weighted by Crippen LogP contribution is -2.11. The highest BCUT2D eigenvalue weighted by molar-refractivity contribution is 7.92. The molecule has 0 heterocycles. The van der Waals surface area contributed by atoms with Crippen molar-refractivity contribution in [3.05, 3.63) is 36.4 Å². The Hall–Kier alpha value is -1.82. The molecular weight excluding hydrogens is 242 g/mol. The standard InChI is InChI=1S/C11H13NO4S/c1-8(2)11(13)16-10-6-4-5-9(7-10)12-17(3,14)15/h4-7,12H,1H2,2-3H3. The Morgan fingerprint density at radius 2 is 2.06 bits per heavy atom. The van der Waals surface area contributed by atoms with Gasteiger partial charge in [-0.15, -0.1) is 0 Å². The normalized spacial score (nSPS) is 10.7. The molecular formula is C11H13NO4S. The van der Waals surface area contributed by atoms with Crippen LogP contribution in [-0.4, -0.2) is 20.6 Å². The highest BCUT2D eigenvalue weighted by Gasteiger charge is 2.07. The van der Waals surface area contributed by atoms with Gasteiger partial charge in [-0.05, 0) is 19.1 Å². The van der Waals surface area contributed by atoms with Crippen molar-refractivity contribution in [1.82, 2.24) is 0 Å². The van der Waals surface area contributed by atoms with Crippen molar-refractivity contribution in [3.63, 3.8) is 0 Å². The zero-order valence-corrected chi connectivity index (χ0v) is 10.4. The lowest BCUT2D eigenvalue weighted by molar-refractivity contribution is -0.130. The van der Waals surface area contributed by atoms with Crippen LogP contribution in [0.1, 0.15) is 6.92 Å². The molecule has 0 unspecified atom stereocenters. The molecule has 0 radical (unpaired) electrons. The van der Waals surface area contributed by atoms with Crippen LogP contribution in [0.25, 0.3) is 0 Å². The molecule has 0 amide bonds. The van der Waals surface area contributed by atoms with E-state index in [1.54, 1.807) is 18.2 Å². The Morgan fingerprint density at radius 1 is 1.41 bits per heavy atom. The molecule has 0 saturated carbocycles. The summed E-state index contributed by atoms with van der Waals surface area (Å²) in [5, 5.41) is 0. The van der Waals surface area contributed by atoms with Gasteiger partial charge >= 0.3 is 5.97 Å². The van der Waals surface area contributed by atoms with Crippen LogP contribution in [0.5, 0.6) is 5.75 Å². The molecule has 0 saturated heterocycles. The molecule has 1 rings (SSSR count). The van der Waals surface area contributed by atoms with Gasteiger partial charge in [0, 0.05) is 11.6 Å². The first-order valence-corrected chi connectivity index (χ1v) is 6.62. The SMILES string of the molecule is C=C(C)C(=O)Oc1cccc(NS(C)(=O)=O)c1. The monoisotopic (exact) mass is 255 g/mol. The highest BCUT2D eigenvalue weighted by atomic mass is 32.2. The fraction of sp³-hybridized carbons (Fsp3) is 0.182. The quantitative estimate of drug-likeness (QED) is 0.503. The van der Waals surface area contributed by atoms with Gasteiger partial charge in [0.2, 0.25) is 10.0 Å².